The number of hydrogen-bond donors (Lipinski definition) is 0. The van der Waals surface area contributed by atoms with Crippen LogP contribution in [0.3, 0.4) is 0 Å². The topological polar surface area (TPSA) is 57.0 Å². The Balaban J connectivity index is 2.81. The van der Waals surface area contributed by atoms with Crippen molar-refractivity contribution in [2.75, 3.05) is 7.11 Å². The maximum Gasteiger partial charge on any atom is 0.157 e. The first-order chi connectivity index (χ1) is 5.27. The molecule has 0 fully saturated rings. The molecule has 0 aliphatic carbocycles. The molecule has 0 saturated heterocycles. The van der Waals surface area contributed by atoms with Crippen molar-refractivity contribution in [1.29, 1.82) is 0 Å². The summed E-state index contributed by atoms with van der Waals surface area (Å²) in [5.74, 6) is 0. The molecule has 5 heteroatoms. The van der Waals surface area contributed by atoms with Gasteiger partial charge in [0.2, 0.25) is 0 Å². The molecule has 1 aromatic rings. The normalized spacial score (nSPS) is 12.9. The summed E-state index contributed by atoms with van der Waals surface area (Å²) in [7, 11) is 3.13. The van der Waals surface area contributed by atoms with Gasteiger partial charge in [0, 0.05) is 14.2 Å². The molecule has 0 radical (unpaired) electrons. The summed E-state index contributed by atoms with van der Waals surface area (Å²) in [6.45, 7) is 0. The Hall–Kier alpha value is -1.23. The van der Waals surface area contributed by atoms with Gasteiger partial charge in [0.15, 0.2) is 12.4 Å². The maximum atomic E-state index is 10.3. The van der Waals surface area contributed by atoms with Gasteiger partial charge in [-0.2, -0.15) is 15.0 Å². The lowest BCUT2D eigenvalue weighted by Crippen LogP contribution is -2.04. The Morgan fingerprint density at radius 3 is 2.91 bits per heavy atom. The van der Waals surface area contributed by atoms with E-state index < -0.39 is 6.10 Å². The van der Waals surface area contributed by atoms with E-state index in [0.717, 1.165) is 0 Å². The predicted molar refractivity (Wildman–Crippen MR) is 36.8 cm³/mol. The highest BCUT2D eigenvalue weighted by Gasteiger charge is 2.11. The molecule has 1 heterocycles. The summed E-state index contributed by atoms with van der Waals surface area (Å²) in [5.41, 5.74) is 0.532. The molecule has 0 aliphatic rings. The van der Waals surface area contributed by atoms with Crippen LogP contribution in [0.25, 0.3) is 0 Å². The van der Waals surface area contributed by atoms with Crippen LogP contribution in [0.15, 0.2) is 6.20 Å². The third-order valence-electron chi connectivity index (χ3n) is 1.29. The number of rotatable bonds is 3. The zero-order valence-corrected chi connectivity index (χ0v) is 6.39. The second-order valence-corrected chi connectivity index (χ2v) is 2.05. The largest absolute Gasteiger partial charge is 0.367 e. The van der Waals surface area contributed by atoms with Crippen LogP contribution < -0.4 is 0 Å². The van der Waals surface area contributed by atoms with Crippen LogP contribution in [0.5, 0.6) is 0 Å². The second kappa shape index (κ2) is 3.25. The number of aldehydes is 1. The summed E-state index contributed by atoms with van der Waals surface area (Å²) >= 11 is 0. The van der Waals surface area contributed by atoms with E-state index >= 15 is 0 Å². The number of hydrogen-bond acceptors (Lipinski definition) is 4. The average molecular weight is 155 g/mol. The first-order valence-electron chi connectivity index (χ1n) is 3.12. The van der Waals surface area contributed by atoms with Gasteiger partial charge in [0.25, 0.3) is 0 Å². The Morgan fingerprint density at radius 1 is 1.82 bits per heavy atom. The molecular weight excluding hydrogens is 146 g/mol. The van der Waals surface area contributed by atoms with Gasteiger partial charge in [0.1, 0.15) is 5.69 Å². The van der Waals surface area contributed by atoms with E-state index in [-0.39, 0.29) is 0 Å². The van der Waals surface area contributed by atoms with Crippen molar-refractivity contribution in [3.63, 3.8) is 0 Å². The first-order valence-corrected chi connectivity index (χ1v) is 3.12. The molecule has 0 saturated carbocycles. The molecule has 5 nitrogen and oxygen atoms in total. The lowest BCUT2D eigenvalue weighted by Gasteiger charge is -2.01. The summed E-state index contributed by atoms with van der Waals surface area (Å²) in [5, 5.41) is 7.70. The van der Waals surface area contributed by atoms with Crippen molar-refractivity contribution in [3.8, 4) is 0 Å². The predicted octanol–water partition coefficient (Wildman–Crippen LogP) is -0.299. The third-order valence-corrected chi connectivity index (χ3v) is 1.29. The van der Waals surface area contributed by atoms with Gasteiger partial charge < -0.3 is 4.74 Å². The van der Waals surface area contributed by atoms with Crippen LogP contribution in [0.4, 0.5) is 0 Å². The zero-order chi connectivity index (χ0) is 8.27. The molecular formula is C6H9N3O2. The second-order valence-electron chi connectivity index (χ2n) is 2.05. The van der Waals surface area contributed by atoms with E-state index in [9.17, 15) is 4.79 Å². The molecule has 0 N–H and O–H groups in total. The minimum Gasteiger partial charge on any atom is -0.367 e. The minimum absolute atomic E-state index is 0.532. The molecule has 1 rings (SSSR count). The maximum absolute atomic E-state index is 10.3. The molecule has 0 spiro atoms. The van der Waals surface area contributed by atoms with Gasteiger partial charge in [-0.3, -0.25) is 4.79 Å². The highest BCUT2D eigenvalue weighted by molar-refractivity contribution is 5.58. The van der Waals surface area contributed by atoms with Crippen LogP contribution in [-0.4, -0.2) is 28.4 Å². The van der Waals surface area contributed by atoms with E-state index in [2.05, 4.69) is 10.2 Å². The molecule has 0 aromatic carbocycles. The van der Waals surface area contributed by atoms with E-state index in [1.165, 1.54) is 18.1 Å². The molecule has 0 amide bonds. The van der Waals surface area contributed by atoms with Crippen molar-refractivity contribution in [3.05, 3.63) is 11.9 Å². The van der Waals surface area contributed by atoms with E-state index in [4.69, 9.17) is 4.74 Å². The number of methoxy groups -OCH3 is 1. The van der Waals surface area contributed by atoms with E-state index in [1.807, 2.05) is 0 Å². The van der Waals surface area contributed by atoms with Crippen molar-refractivity contribution < 1.29 is 9.53 Å². The fourth-order valence-electron chi connectivity index (χ4n) is 0.738. The van der Waals surface area contributed by atoms with Gasteiger partial charge in [-0.05, 0) is 0 Å². The highest BCUT2D eigenvalue weighted by Crippen LogP contribution is 2.08. The molecule has 1 atom stereocenters. The number of nitrogens with zero attached hydrogens (tertiary/aromatic N) is 3. The average Bonchev–Trinajstić information content (AvgIpc) is 2.39. The Morgan fingerprint density at radius 2 is 2.55 bits per heavy atom. The van der Waals surface area contributed by atoms with Crippen molar-refractivity contribution in [2.45, 2.75) is 6.10 Å². The van der Waals surface area contributed by atoms with E-state index in [0.29, 0.717) is 12.0 Å². The van der Waals surface area contributed by atoms with Gasteiger partial charge in [-0.15, -0.1) is 0 Å². The number of carbonyl (C=O) groups excluding carboxylic acids is 1. The van der Waals surface area contributed by atoms with E-state index in [1.54, 1.807) is 7.05 Å². The number of carbonyl (C=O) groups is 1. The number of aromatic nitrogens is 3. The van der Waals surface area contributed by atoms with Gasteiger partial charge >= 0.3 is 0 Å². The SMILES string of the molecule is COC(C=O)c1cnn(C)n1. The fourth-order valence-corrected chi connectivity index (χ4v) is 0.738. The minimum atomic E-state index is -0.594. The van der Waals surface area contributed by atoms with Crippen LogP contribution in [0.1, 0.15) is 11.8 Å². The molecule has 60 valence electrons. The lowest BCUT2D eigenvalue weighted by molar-refractivity contribution is -0.116. The monoisotopic (exact) mass is 155 g/mol. The third kappa shape index (κ3) is 1.62. The summed E-state index contributed by atoms with van der Waals surface area (Å²) < 4.78 is 4.81. The smallest absolute Gasteiger partial charge is 0.157 e. The summed E-state index contributed by atoms with van der Waals surface area (Å²) in [4.78, 5) is 11.7. The standard InChI is InChI=1S/C6H9N3O2/c1-9-7-3-5(8-9)6(4-10)11-2/h3-4,6H,1-2H3. The Bertz CT molecular complexity index is 246. The van der Waals surface area contributed by atoms with Crippen LogP contribution in [-0.2, 0) is 16.6 Å². The zero-order valence-electron chi connectivity index (χ0n) is 6.39. The highest BCUT2D eigenvalue weighted by atomic mass is 16.5. The van der Waals surface area contributed by atoms with Crippen molar-refractivity contribution in [2.24, 2.45) is 7.05 Å². The molecule has 1 aromatic heterocycles. The molecule has 1 unspecified atom stereocenters. The van der Waals surface area contributed by atoms with Crippen molar-refractivity contribution in [1.82, 2.24) is 15.0 Å². The van der Waals surface area contributed by atoms with Gasteiger partial charge in [-0.25, -0.2) is 0 Å². The van der Waals surface area contributed by atoms with Crippen LogP contribution in [0, 0.1) is 0 Å². The fraction of sp³-hybridized carbons (Fsp3) is 0.500. The molecule has 0 aliphatic heterocycles. The lowest BCUT2D eigenvalue weighted by atomic mass is 10.3. The van der Waals surface area contributed by atoms with Crippen LogP contribution in [0.2, 0.25) is 0 Å². The number of ether oxygens (including phenoxy) is 1. The van der Waals surface area contributed by atoms with Gasteiger partial charge in [0.05, 0.1) is 6.20 Å². The quantitative estimate of drug-likeness (QED) is 0.562. The summed E-state index contributed by atoms with van der Waals surface area (Å²) in [6.07, 6.45) is 1.59. The van der Waals surface area contributed by atoms with Crippen molar-refractivity contribution >= 4 is 6.29 Å². The number of aryl methyl sites for hydroxylation is 1. The van der Waals surface area contributed by atoms with Gasteiger partial charge in [-0.1, -0.05) is 0 Å². The Labute approximate surface area is 64.0 Å². The molecule has 11 heavy (non-hydrogen) atoms. The summed E-state index contributed by atoms with van der Waals surface area (Å²) in [6, 6.07) is 0. The van der Waals surface area contributed by atoms with Crippen LogP contribution >= 0.6 is 0 Å². The molecule has 0 bridgehead atoms. The first kappa shape index (κ1) is 7.87. The Kier molecular flexibility index (Phi) is 2.32.